The number of benzene rings is 3. The van der Waals surface area contributed by atoms with Crippen LogP contribution in [0.4, 0.5) is 5.69 Å². The van der Waals surface area contributed by atoms with Gasteiger partial charge < -0.3 is 19.3 Å². The summed E-state index contributed by atoms with van der Waals surface area (Å²) in [7, 11) is 1.64. The number of hydrogen-bond donors (Lipinski definition) is 0. The Morgan fingerprint density at radius 1 is 0.951 bits per heavy atom. The van der Waals surface area contributed by atoms with Crippen molar-refractivity contribution >= 4 is 17.5 Å². The molecule has 3 atom stereocenters. The van der Waals surface area contributed by atoms with E-state index in [2.05, 4.69) is 68.1 Å². The van der Waals surface area contributed by atoms with E-state index in [0.29, 0.717) is 11.5 Å². The second-order valence-electron chi connectivity index (χ2n) is 11.1. The Morgan fingerprint density at radius 2 is 1.63 bits per heavy atom. The summed E-state index contributed by atoms with van der Waals surface area (Å²) in [4.78, 5) is 31.8. The molecule has 3 aromatic rings. The average Bonchev–Trinajstić information content (AvgIpc) is 3.00. The zero-order chi connectivity index (χ0) is 29.1. The van der Waals surface area contributed by atoms with Crippen LogP contribution < -0.4 is 14.4 Å². The number of rotatable bonds is 8. The molecule has 41 heavy (non-hydrogen) atoms. The second-order valence-corrected chi connectivity index (χ2v) is 11.1. The molecule has 0 N–H and O–H groups in total. The lowest BCUT2D eigenvalue weighted by Gasteiger charge is -2.39. The van der Waals surface area contributed by atoms with Gasteiger partial charge in [-0.25, -0.2) is 0 Å². The van der Waals surface area contributed by atoms with Crippen LogP contribution in [0.2, 0.25) is 0 Å². The number of ether oxygens (including phenoxy) is 2. The van der Waals surface area contributed by atoms with Crippen molar-refractivity contribution in [1.29, 1.82) is 0 Å². The highest BCUT2D eigenvalue weighted by atomic mass is 16.5. The van der Waals surface area contributed by atoms with E-state index >= 15 is 0 Å². The van der Waals surface area contributed by atoms with Gasteiger partial charge in [-0.2, -0.15) is 0 Å². The van der Waals surface area contributed by atoms with Crippen LogP contribution in [0.3, 0.4) is 0 Å². The lowest BCUT2D eigenvalue weighted by Crippen LogP contribution is -2.48. The lowest BCUT2D eigenvalue weighted by atomic mass is 9.86. The summed E-state index contributed by atoms with van der Waals surface area (Å²) in [6, 6.07) is 22.5. The molecule has 2 aliphatic heterocycles. The maximum absolute atomic E-state index is 13.8. The van der Waals surface area contributed by atoms with Gasteiger partial charge in [-0.05, 0) is 66.8 Å². The molecule has 0 aromatic heterocycles. The minimum absolute atomic E-state index is 0.0402. The number of amides is 2. The minimum Gasteiger partial charge on any atom is -0.493 e. The molecule has 1 saturated heterocycles. The summed E-state index contributed by atoms with van der Waals surface area (Å²) in [6.45, 7) is 11.2. The molecule has 216 valence electrons. The van der Waals surface area contributed by atoms with Gasteiger partial charge in [0, 0.05) is 44.8 Å². The van der Waals surface area contributed by atoms with Gasteiger partial charge in [-0.3, -0.25) is 14.5 Å². The Labute approximate surface area is 243 Å². The van der Waals surface area contributed by atoms with Crippen molar-refractivity contribution in [3.63, 3.8) is 0 Å². The Kier molecular flexibility index (Phi) is 8.64. The molecule has 3 aromatic carbocycles. The SMILES string of the molecule is CCC(C)Oc1cc2c(cc1OC)CC(=O)N(c1ccc(C(C)N3CCN(C(C)=O)CC3)cc1)C2c1ccccc1. The number of nitrogens with zero attached hydrogens (tertiary/aromatic N) is 3. The second kappa shape index (κ2) is 12.4. The number of hydrogen-bond acceptors (Lipinski definition) is 5. The number of fused-ring (bicyclic) bond motifs is 1. The van der Waals surface area contributed by atoms with Crippen LogP contribution in [0.15, 0.2) is 66.7 Å². The van der Waals surface area contributed by atoms with Crippen molar-refractivity contribution in [2.24, 2.45) is 0 Å². The molecule has 3 unspecified atom stereocenters. The largest absolute Gasteiger partial charge is 0.493 e. The van der Waals surface area contributed by atoms with Crippen LogP contribution >= 0.6 is 0 Å². The fourth-order valence-electron chi connectivity index (χ4n) is 5.91. The minimum atomic E-state index is -0.291. The third-order valence-corrected chi connectivity index (χ3v) is 8.57. The highest BCUT2D eigenvalue weighted by molar-refractivity contribution is 5.98. The fraction of sp³-hybridized carbons (Fsp3) is 0.412. The van der Waals surface area contributed by atoms with Crippen molar-refractivity contribution in [1.82, 2.24) is 9.80 Å². The number of carbonyl (C=O) groups is 2. The highest BCUT2D eigenvalue weighted by Gasteiger charge is 2.36. The normalized spacial score (nSPS) is 19.0. The number of methoxy groups -OCH3 is 1. The molecule has 2 aliphatic rings. The van der Waals surface area contributed by atoms with Gasteiger partial charge in [-0.15, -0.1) is 0 Å². The molecule has 2 amide bonds. The fourth-order valence-corrected chi connectivity index (χ4v) is 5.91. The molecule has 0 saturated carbocycles. The van der Waals surface area contributed by atoms with E-state index in [1.165, 1.54) is 5.56 Å². The Balaban J connectivity index is 1.48. The quantitative estimate of drug-likeness (QED) is 0.353. The molecular formula is C34H41N3O4. The van der Waals surface area contributed by atoms with Crippen LogP contribution in [0.1, 0.15) is 68.5 Å². The van der Waals surface area contributed by atoms with Gasteiger partial charge in [0.25, 0.3) is 0 Å². The van der Waals surface area contributed by atoms with Crippen molar-refractivity contribution < 1.29 is 19.1 Å². The Morgan fingerprint density at radius 3 is 2.24 bits per heavy atom. The van der Waals surface area contributed by atoms with E-state index in [-0.39, 0.29) is 36.4 Å². The maximum Gasteiger partial charge on any atom is 0.232 e. The molecule has 2 heterocycles. The van der Waals surface area contributed by atoms with Gasteiger partial charge in [0.15, 0.2) is 11.5 Å². The third-order valence-electron chi connectivity index (χ3n) is 8.57. The summed E-state index contributed by atoms with van der Waals surface area (Å²) >= 11 is 0. The third kappa shape index (κ3) is 5.96. The number of piperazine rings is 1. The number of anilines is 1. The average molecular weight is 556 g/mol. The van der Waals surface area contributed by atoms with Crippen molar-refractivity contribution in [3.8, 4) is 11.5 Å². The molecule has 1 fully saturated rings. The first kappa shape index (κ1) is 28.7. The first-order valence-corrected chi connectivity index (χ1v) is 14.6. The van der Waals surface area contributed by atoms with E-state index in [1.807, 2.05) is 34.1 Å². The van der Waals surface area contributed by atoms with E-state index in [0.717, 1.165) is 55.0 Å². The van der Waals surface area contributed by atoms with Gasteiger partial charge >= 0.3 is 0 Å². The summed E-state index contributed by atoms with van der Waals surface area (Å²) < 4.78 is 11.9. The van der Waals surface area contributed by atoms with Crippen LogP contribution in [-0.4, -0.2) is 61.0 Å². The van der Waals surface area contributed by atoms with Gasteiger partial charge in [0.2, 0.25) is 11.8 Å². The Bertz CT molecular complexity index is 1370. The Hall–Kier alpha value is -3.84. The van der Waals surface area contributed by atoms with Crippen LogP contribution in [0, 0.1) is 0 Å². The zero-order valence-corrected chi connectivity index (χ0v) is 24.8. The molecule has 0 spiro atoms. The van der Waals surface area contributed by atoms with Crippen LogP contribution in [-0.2, 0) is 16.0 Å². The van der Waals surface area contributed by atoms with Crippen LogP contribution in [0.5, 0.6) is 11.5 Å². The summed E-state index contributed by atoms with van der Waals surface area (Å²) in [5.74, 6) is 1.54. The maximum atomic E-state index is 13.8. The first-order valence-electron chi connectivity index (χ1n) is 14.6. The topological polar surface area (TPSA) is 62.3 Å². The van der Waals surface area contributed by atoms with Crippen molar-refractivity contribution in [2.75, 3.05) is 38.2 Å². The first-order chi connectivity index (χ1) is 19.8. The molecule has 0 bridgehead atoms. The van der Waals surface area contributed by atoms with E-state index in [4.69, 9.17) is 9.47 Å². The predicted molar refractivity (Wildman–Crippen MR) is 162 cm³/mol. The monoisotopic (exact) mass is 555 g/mol. The van der Waals surface area contributed by atoms with Gasteiger partial charge in [0.05, 0.1) is 25.7 Å². The summed E-state index contributed by atoms with van der Waals surface area (Å²) in [6.07, 6.45) is 1.21. The highest BCUT2D eigenvalue weighted by Crippen LogP contribution is 2.43. The standard InChI is InChI=1S/C34H41N3O4/c1-6-23(2)41-32-22-30-28(20-31(32)40-5)21-33(39)37(34(30)27-10-8-7-9-11-27)29-14-12-26(13-15-29)24(3)35-16-18-36(19-17-35)25(4)38/h7-15,20,22-24,34H,6,16-19,21H2,1-5H3. The van der Waals surface area contributed by atoms with E-state index in [9.17, 15) is 9.59 Å². The van der Waals surface area contributed by atoms with Crippen molar-refractivity contribution in [3.05, 3.63) is 89.0 Å². The van der Waals surface area contributed by atoms with E-state index in [1.54, 1.807) is 14.0 Å². The number of carbonyl (C=O) groups excluding carboxylic acids is 2. The molecule has 7 nitrogen and oxygen atoms in total. The molecular weight excluding hydrogens is 514 g/mol. The molecule has 0 aliphatic carbocycles. The molecule has 5 rings (SSSR count). The predicted octanol–water partition coefficient (Wildman–Crippen LogP) is 5.78. The molecule has 7 heteroatoms. The van der Waals surface area contributed by atoms with E-state index < -0.39 is 0 Å². The molecule has 0 radical (unpaired) electrons. The van der Waals surface area contributed by atoms with Crippen LogP contribution in [0.25, 0.3) is 0 Å². The summed E-state index contributed by atoms with van der Waals surface area (Å²) in [5.41, 5.74) is 5.12. The van der Waals surface area contributed by atoms with Gasteiger partial charge in [0.1, 0.15) is 0 Å². The lowest BCUT2D eigenvalue weighted by molar-refractivity contribution is -0.130. The van der Waals surface area contributed by atoms with Gasteiger partial charge in [-0.1, -0.05) is 49.4 Å². The van der Waals surface area contributed by atoms with Crippen molar-refractivity contribution in [2.45, 2.75) is 58.7 Å². The smallest absolute Gasteiger partial charge is 0.232 e. The zero-order valence-electron chi connectivity index (χ0n) is 24.8. The summed E-state index contributed by atoms with van der Waals surface area (Å²) in [5, 5.41) is 0.